The third-order valence-corrected chi connectivity index (χ3v) is 5.75. The van der Waals surface area contributed by atoms with Crippen LogP contribution in [0.15, 0.2) is 41.1 Å². The lowest BCUT2D eigenvalue weighted by Gasteiger charge is -2.24. The molecule has 0 N–H and O–H groups in total. The molecule has 1 aromatic carbocycles. The van der Waals surface area contributed by atoms with Crippen LogP contribution in [0.2, 0.25) is 15.1 Å². The summed E-state index contributed by atoms with van der Waals surface area (Å²) in [5.74, 6) is -0.503. The summed E-state index contributed by atoms with van der Waals surface area (Å²) in [5, 5.41) is 5.05. The summed E-state index contributed by atoms with van der Waals surface area (Å²) >= 11 is 22.1. The number of carbonyl (C=O) groups is 2. The number of aromatic nitrogens is 3. The van der Waals surface area contributed by atoms with Gasteiger partial charge < -0.3 is 9.80 Å². The fraction of sp³-hybridized carbons (Fsp3) is 0.200. The Morgan fingerprint density at radius 1 is 1.10 bits per heavy atom. The third kappa shape index (κ3) is 4.72. The van der Waals surface area contributed by atoms with Gasteiger partial charge in [0.15, 0.2) is 5.82 Å². The standard InChI is InChI=1S/C20H17BrCl3N5O2/c1-4-27(2)19(30)12-8-11(22)9-14(24)17(12)28(3)20(31)15-10-16(21)26-29(15)18-13(23)6-5-7-25-18/h5-10H,4H2,1-3H3. The maximum atomic E-state index is 13.5. The molecule has 0 aliphatic carbocycles. The van der Waals surface area contributed by atoms with Crippen LogP contribution in [0.1, 0.15) is 27.8 Å². The maximum Gasteiger partial charge on any atom is 0.276 e. The number of hydrogen-bond donors (Lipinski definition) is 0. The molecule has 2 heterocycles. The van der Waals surface area contributed by atoms with Crippen molar-refractivity contribution in [2.45, 2.75) is 6.92 Å². The van der Waals surface area contributed by atoms with Crippen molar-refractivity contribution in [1.82, 2.24) is 19.7 Å². The van der Waals surface area contributed by atoms with E-state index in [2.05, 4.69) is 26.0 Å². The van der Waals surface area contributed by atoms with Crippen LogP contribution in [-0.4, -0.2) is 52.1 Å². The molecule has 0 saturated carbocycles. The summed E-state index contributed by atoms with van der Waals surface area (Å²) in [6.45, 7) is 2.31. The van der Waals surface area contributed by atoms with Gasteiger partial charge in [0.2, 0.25) is 0 Å². The van der Waals surface area contributed by atoms with Crippen molar-refractivity contribution in [3.05, 3.63) is 67.5 Å². The van der Waals surface area contributed by atoms with Gasteiger partial charge >= 0.3 is 0 Å². The molecule has 2 aromatic heterocycles. The molecule has 0 saturated heterocycles. The maximum absolute atomic E-state index is 13.5. The molecular formula is C20H17BrCl3N5O2. The monoisotopic (exact) mass is 543 g/mol. The van der Waals surface area contributed by atoms with Crippen molar-refractivity contribution in [1.29, 1.82) is 0 Å². The summed E-state index contributed by atoms with van der Waals surface area (Å²) < 4.78 is 1.74. The highest BCUT2D eigenvalue weighted by atomic mass is 79.9. The van der Waals surface area contributed by atoms with Crippen LogP contribution in [0.3, 0.4) is 0 Å². The van der Waals surface area contributed by atoms with E-state index in [1.54, 1.807) is 25.4 Å². The number of benzene rings is 1. The van der Waals surface area contributed by atoms with E-state index in [1.165, 1.54) is 39.7 Å². The van der Waals surface area contributed by atoms with Gasteiger partial charge in [0, 0.05) is 37.9 Å². The molecular weight excluding hydrogens is 529 g/mol. The lowest BCUT2D eigenvalue weighted by atomic mass is 10.1. The van der Waals surface area contributed by atoms with E-state index < -0.39 is 5.91 Å². The minimum absolute atomic E-state index is 0.164. The lowest BCUT2D eigenvalue weighted by molar-refractivity contribution is 0.0803. The van der Waals surface area contributed by atoms with Gasteiger partial charge in [0.05, 0.1) is 21.3 Å². The fourth-order valence-electron chi connectivity index (χ4n) is 2.89. The second-order valence-corrected chi connectivity index (χ2v) is 8.60. The molecule has 0 unspecified atom stereocenters. The molecule has 2 amide bonds. The van der Waals surface area contributed by atoms with Gasteiger partial charge in [-0.05, 0) is 47.1 Å². The number of carbonyl (C=O) groups excluding carboxylic acids is 2. The quantitative estimate of drug-likeness (QED) is 0.433. The molecule has 0 bridgehead atoms. The zero-order chi connectivity index (χ0) is 22.9. The van der Waals surface area contributed by atoms with Gasteiger partial charge in [0.25, 0.3) is 11.8 Å². The Morgan fingerprint density at radius 3 is 2.45 bits per heavy atom. The lowest BCUT2D eigenvalue weighted by Crippen LogP contribution is -2.33. The third-order valence-electron chi connectivity index (χ3n) is 4.56. The Balaban J connectivity index is 2.12. The molecule has 0 spiro atoms. The molecule has 11 heteroatoms. The number of nitrogens with zero attached hydrogens (tertiary/aromatic N) is 5. The molecule has 162 valence electrons. The molecule has 3 rings (SSSR count). The number of halogens is 4. The second kappa shape index (κ2) is 9.56. The molecule has 0 aliphatic heterocycles. The van der Waals surface area contributed by atoms with Crippen molar-refractivity contribution in [3.8, 4) is 5.82 Å². The normalized spacial score (nSPS) is 10.8. The molecule has 0 atom stereocenters. The minimum atomic E-state index is -0.475. The summed E-state index contributed by atoms with van der Waals surface area (Å²) in [6, 6.07) is 7.82. The van der Waals surface area contributed by atoms with Gasteiger partial charge in [-0.1, -0.05) is 34.8 Å². The highest BCUT2D eigenvalue weighted by molar-refractivity contribution is 9.10. The number of amides is 2. The summed E-state index contributed by atoms with van der Waals surface area (Å²) in [7, 11) is 3.17. The number of hydrogen-bond acceptors (Lipinski definition) is 4. The fourth-order valence-corrected chi connectivity index (χ4v) is 4.09. The smallest absolute Gasteiger partial charge is 0.276 e. The SMILES string of the molecule is CCN(C)C(=O)c1cc(Cl)cc(Cl)c1N(C)C(=O)c1cc(Br)nn1-c1ncccc1Cl. The largest absolute Gasteiger partial charge is 0.342 e. The van der Waals surface area contributed by atoms with Crippen LogP contribution < -0.4 is 4.90 Å². The second-order valence-electron chi connectivity index (χ2n) is 6.54. The van der Waals surface area contributed by atoms with Gasteiger partial charge in [-0.25, -0.2) is 9.67 Å². The van der Waals surface area contributed by atoms with E-state index in [4.69, 9.17) is 34.8 Å². The van der Waals surface area contributed by atoms with Crippen molar-refractivity contribution >= 4 is 68.2 Å². The van der Waals surface area contributed by atoms with E-state index in [1.807, 2.05) is 6.92 Å². The first-order valence-corrected chi connectivity index (χ1v) is 11.0. The van der Waals surface area contributed by atoms with Crippen LogP contribution in [0, 0.1) is 0 Å². The van der Waals surface area contributed by atoms with E-state index in [0.29, 0.717) is 16.2 Å². The first kappa shape index (κ1) is 23.5. The first-order chi connectivity index (χ1) is 14.6. The molecule has 7 nitrogen and oxygen atoms in total. The molecule has 0 fully saturated rings. The van der Waals surface area contributed by atoms with E-state index in [-0.39, 0.29) is 38.7 Å². The molecule has 0 radical (unpaired) electrons. The molecule has 3 aromatic rings. The average molecular weight is 546 g/mol. The van der Waals surface area contributed by atoms with Crippen LogP contribution in [0.5, 0.6) is 0 Å². The van der Waals surface area contributed by atoms with Crippen molar-refractivity contribution in [2.75, 3.05) is 25.5 Å². The predicted molar refractivity (Wildman–Crippen MR) is 126 cm³/mol. The van der Waals surface area contributed by atoms with Crippen LogP contribution in [0.25, 0.3) is 5.82 Å². The topological polar surface area (TPSA) is 71.3 Å². The first-order valence-electron chi connectivity index (χ1n) is 9.04. The van der Waals surface area contributed by atoms with Crippen LogP contribution >= 0.6 is 50.7 Å². The van der Waals surface area contributed by atoms with Gasteiger partial charge in [0.1, 0.15) is 10.3 Å². The Morgan fingerprint density at radius 2 is 1.81 bits per heavy atom. The van der Waals surface area contributed by atoms with E-state index >= 15 is 0 Å². The van der Waals surface area contributed by atoms with Crippen molar-refractivity contribution in [2.24, 2.45) is 0 Å². The highest BCUT2D eigenvalue weighted by Crippen LogP contribution is 2.35. The van der Waals surface area contributed by atoms with Crippen molar-refractivity contribution in [3.63, 3.8) is 0 Å². The molecule has 0 aliphatic rings. The summed E-state index contributed by atoms with van der Waals surface area (Å²) in [6.07, 6.45) is 1.54. The zero-order valence-corrected chi connectivity index (χ0v) is 20.6. The average Bonchev–Trinajstić information content (AvgIpc) is 3.12. The molecule has 31 heavy (non-hydrogen) atoms. The predicted octanol–water partition coefficient (Wildman–Crippen LogP) is 5.36. The summed E-state index contributed by atoms with van der Waals surface area (Å²) in [5.41, 5.74) is 0.610. The van der Waals surface area contributed by atoms with Crippen molar-refractivity contribution < 1.29 is 9.59 Å². The minimum Gasteiger partial charge on any atom is -0.342 e. The number of pyridine rings is 1. The van der Waals surface area contributed by atoms with E-state index in [0.717, 1.165) is 0 Å². The number of anilines is 1. The Labute approximate surface area is 202 Å². The van der Waals surface area contributed by atoms with E-state index in [9.17, 15) is 9.59 Å². The highest BCUT2D eigenvalue weighted by Gasteiger charge is 2.28. The number of rotatable bonds is 5. The van der Waals surface area contributed by atoms with Gasteiger partial charge in [-0.2, -0.15) is 5.10 Å². The Hall–Kier alpha value is -2.13. The van der Waals surface area contributed by atoms with Crippen LogP contribution in [0.4, 0.5) is 5.69 Å². The Kier molecular flexibility index (Phi) is 7.26. The van der Waals surface area contributed by atoms with Gasteiger partial charge in [-0.15, -0.1) is 0 Å². The Bertz CT molecular complexity index is 1170. The van der Waals surface area contributed by atoms with Crippen LogP contribution in [-0.2, 0) is 0 Å². The summed E-state index contributed by atoms with van der Waals surface area (Å²) in [4.78, 5) is 33.4. The van der Waals surface area contributed by atoms with Gasteiger partial charge in [-0.3, -0.25) is 9.59 Å². The zero-order valence-electron chi connectivity index (χ0n) is 16.7.